The van der Waals surface area contributed by atoms with Crippen LogP contribution in [0.15, 0.2) is 84.9 Å². The van der Waals surface area contributed by atoms with Crippen LogP contribution >= 0.6 is 0 Å². The van der Waals surface area contributed by atoms with Gasteiger partial charge in [-0.05, 0) is 48.0 Å². The molecule has 0 bridgehead atoms. The maximum atomic E-state index is 13.1. The fourth-order valence-corrected chi connectivity index (χ4v) is 3.11. The van der Waals surface area contributed by atoms with Crippen LogP contribution in [-0.2, 0) is 6.54 Å². The van der Waals surface area contributed by atoms with Crippen molar-refractivity contribution >= 4 is 5.91 Å². The molecule has 0 aliphatic heterocycles. The number of hydrogen-bond donors (Lipinski definition) is 1. The highest BCUT2D eigenvalue weighted by Gasteiger charge is 2.18. The van der Waals surface area contributed by atoms with E-state index >= 15 is 0 Å². The Labute approximate surface area is 173 Å². The number of para-hydroxylation sites is 1. The Morgan fingerprint density at radius 3 is 2.50 bits per heavy atom. The van der Waals surface area contributed by atoms with Gasteiger partial charge in [0.1, 0.15) is 17.3 Å². The highest BCUT2D eigenvalue weighted by Crippen LogP contribution is 2.25. The van der Waals surface area contributed by atoms with E-state index in [1.807, 2.05) is 54.6 Å². The quantitative estimate of drug-likeness (QED) is 0.513. The van der Waals surface area contributed by atoms with E-state index in [1.165, 1.54) is 12.1 Å². The van der Waals surface area contributed by atoms with E-state index in [0.29, 0.717) is 17.1 Å². The number of nitrogens with one attached hydrogen (secondary N) is 1. The van der Waals surface area contributed by atoms with Crippen LogP contribution in [0.1, 0.15) is 16.1 Å². The van der Waals surface area contributed by atoms with Crippen LogP contribution in [0.2, 0.25) is 0 Å². The molecular weight excluding hydrogens is 381 g/mol. The predicted molar refractivity (Wildman–Crippen MR) is 113 cm³/mol. The maximum Gasteiger partial charge on any atom is 0.270 e. The van der Waals surface area contributed by atoms with Crippen molar-refractivity contribution in [2.45, 2.75) is 6.54 Å². The van der Waals surface area contributed by atoms with Gasteiger partial charge in [-0.1, -0.05) is 42.5 Å². The lowest BCUT2D eigenvalue weighted by Crippen LogP contribution is -2.25. The molecule has 0 fully saturated rings. The molecule has 5 nitrogen and oxygen atoms in total. The summed E-state index contributed by atoms with van der Waals surface area (Å²) in [4.78, 5) is 13.0. The van der Waals surface area contributed by atoms with Gasteiger partial charge in [-0.25, -0.2) is 9.07 Å². The minimum absolute atomic E-state index is 0.273. The van der Waals surface area contributed by atoms with Gasteiger partial charge in [0.2, 0.25) is 0 Å². The van der Waals surface area contributed by atoms with Crippen molar-refractivity contribution in [3.63, 3.8) is 0 Å². The van der Waals surface area contributed by atoms with Gasteiger partial charge in [0.25, 0.3) is 5.91 Å². The molecule has 0 aliphatic rings. The molecule has 30 heavy (non-hydrogen) atoms. The molecule has 0 radical (unpaired) electrons. The minimum Gasteiger partial charge on any atom is -0.497 e. The highest BCUT2D eigenvalue weighted by atomic mass is 19.1. The average molecular weight is 401 g/mol. The Morgan fingerprint density at radius 1 is 1.00 bits per heavy atom. The average Bonchev–Trinajstić information content (AvgIpc) is 3.25. The largest absolute Gasteiger partial charge is 0.497 e. The standard InChI is InChI=1S/C24H20FN3O2/c1-30-21-9-5-6-18(14-21)22-15-23(28(27-22)20-7-3-2-4-8-20)24(29)26-16-17-10-12-19(25)13-11-17/h2-15H,16H2,1H3,(H,26,29). The van der Waals surface area contributed by atoms with Crippen molar-refractivity contribution < 1.29 is 13.9 Å². The number of carbonyl (C=O) groups excluding carboxylic acids is 1. The van der Waals surface area contributed by atoms with Crippen LogP contribution in [0.25, 0.3) is 16.9 Å². The van der Waals surface area contributed by atoms with Gasteiger partial charge in [0, 0.05) is 12.1 Å². The van der Waals surface area contributed by atoms with Crippen LogP contribution in [-0.4, -0.2) is 22.8 Å². The van der Waals surface area contributed by atoms with Crippen molar-refractivity contribution in [3.05, 3.63) is 102 Å². The smallest absolute Gasteiger partial charge is 0.270 e. The predicted octanol–water partition coefficient (Wildman–Crippen LogP) is 4.62. The third kappa shape index (κ3) is 4.22. The Hall–Kier alpha value is -3.93. The molecule has 1 N–H and O–H groups in total. The third-order valence-corrected chi connectivity index (χ3v) is 4.67. The summed E-state index contributed by atoms with van der Waals surface area (Å²) in [6.45, 7) is 0.285. The third-order valence-electron chi connectivity index (χ3n) is 4.67. The number of aromatic nitrogens is 2. The number of halogens is 1. The fraction of sp³-hybridized carbons (Fsp3) is 0.0833. The first-order chi connectivity index (χ1) is 14.6. The van der Waals surface area contributed by atoms with Gasteiger partial charge < -0.3 is 10.1 Å². The molecule has 0 spiro atoms. The summed E-state index contributed by atoms with van der Waals surface area (Å²) in [5, 5.41) is 7.55. The summed E-state index contributed by atoms with van der Waals surface area (Å²) in [7, 11) is 1.61. The topological polar surface area (TPSA) is 56.1 Å². The normalized spacial score (nSPS) is 10.6. The van der Waals surface area contributed by atoms with Crippen molar-refractivity contribution in [2.24, 2.45) is 0 Å². The molecule has 0 unspecified atom stereocenters. The van der Waals surface area contributed by atoms with Crippen LogP contribution < -0.4 is 10.1 Å². The van der Waals surface area contributed by atoms with Gasteiger partial charge in [0.05, 0.1) is 18.5 Å². The molecule has 6 heteroatoms. The van der Waals surface area contributed by atoms with E-state index < -0.39 is 0 Å². The zero-order valence-electron chi connectivity index (χ0n) is 16.4. The van der Waals surface area contributed by atoms with Gasteiger partial charge in [-0.2, -0.15) is 5.10 Å². The van der Waals surface area contributed by atoms with Gasteiger partial charge in [-0.15, -0.1) is 0 Å². The number of amides is 1. The summed E-state index contributed by atoms with van der Waals surface area (Å²) in [5.41, 5.74) is 3.49. The molecule has 1 heterocycles. The number of benzene rings is 3. The first-order valence-electron chi connectivity index (χ1n) is 9.46. The molecule has 0 saturated heterocycles. The van der Waals surface area contributed by atoms with E-state index in [2.05, 4.69) is 10.4 Å². The SMILES string of the molecule is COc1cccc(-c2cc(C(=O)NCc3ccc(F)cc3)n(-c3ccccc3)n2)c1. The summed E-state index contributed by atoms with van der Waals surface area (Å²) < 4.78 is 20.0. The Morgan fingerprint density at radius 2 is 1.77 bits per heavy atom. The Kier molecular flexibility index (Phi) is 5.57. The molecule has 1 amide bonds. The lowest BCUT2D eigenvalue weighted by Gasteiger charge is -2.08. The van der Waals surface area contributed by atoms with Gasteiger partial charge in [-0.3, -0.25) is 4.79 Å². The second kappa shape index (κ2) is 8.61. The summed E-state index contributed by atoms with van der Waals surface area (Å²) in [6.07, 6.45) is 0. The van der Waals surface area contributed by atoms with Gasteiger partial charge in [0.15, 0.2) is 0 Å². The van der Waals surface area contributed by atoms with Crippen molar-refractivity contribution in [1.29, 1.82) is 0 Å². The highest BCUT2D eigenvalue weighted by molar-refractivity contribution is 5.94. The van der Waals surface area contributed by atoms with E-state index in [-0.39, 0.29) is 18.3 Å². The first-order valence-corrected chi connectivity index (χ1v) is 9.46. The summed E-state index contributed by atoms with van der Waals surface area (Å²) >= 11 is 0. The lowest BCUT2D eigenvalue weighted by atomic mass is 10.1. The zero-order valence-corrected chi connectivity index (χ0v) is 16.4. The Bertz CT molecular complexity index is 1150. The number of ether oxygens (including phenoxy) is 1. The first kappa shape index (κ1) is 19.4. The van der Waals surface area contributed by atoms with Crippen LogP contribution in [0.4, 0.5) is 4.39 Å². The Balaban J connectivity index is 1.67. The molecule has 0 saturated carbocycles. The molecule has 150 valence electrons. The van der Waals surface area contributed by atoms with E-state index in [4.69, 9.17) is 4.74 Å². The summed E-state index contributed by atoms with van der Waals surface area (Å²) in [6, 6.07) is 24.8. The second-order valence-electron chi connectivity index (χ2n) is 6.70. The lowest BCUT2D eigenvalue weighted by molar-refractivity contribution is 0.0943. The number of rotatable bonds is 6. The fourth-order valence-electron chi connectivity index (χ4n) is 3.11. The van der Waals surface area contributed by atoms with Crippen molar-refractivity contribution in [1.82, 2.24) is 15.1 Å². The second-order valence-corrected chi connectivity index (χ2v) is 6.70. The number of hydrogen-bond acceptors (Lipinski definition) is 3. The van der Waals surface area contributed by atoms with E-state index in [0.717, 1.165) is 16.8 Å². The van der Waals surface area contributed by atoms with Crippen LogP contribution in [0.3, 0.4) is 0 Å². The van der Waals surface area contributed by atoms with Crippen LogP contribution in [0.5, 0.6) is 5.75 Å². The van der Waals surface area contributed by atoms with E-state index in [9.17, 15) is 9.18 Å². The molecular formula is C24H20FN3O2. The van der Waals surface area contributed by atoms with Gasteiger partial charge >= 0.3 is 0 Å². The number of carbonyl (C=O) groups is 1. The summed E-state index contributed by atoms with van der Waals surface area (Å²) in [5.74, 6) is 0.129. The number of methoxy groups -OCH3 is 1. The van der Waals surface area contributed by atoms with Crippen LogP contribution in [0, 0.1) is 5.82 Å². The molecule has 0 aliphatic carbocycles. The monoisotopic (exact) mass is 401 g/mol. The molecule has 4 aromatic rings. The number of nitrogens with zero attached hydrogens (tertiary/aromatic N) is 2. The molecule has 0 atom stereocenters. The minimum atomic E-state index is -0.310. The molecule has 3 aromatic carbocycles. The van der Waals surface area contributed by atoms with Crippen molar-refractivity contribution in [2.75, 3.05) is 7.11 Å². The molecule has 4 rings (SSSR count). The van der Waals surface area contributed by atoms with Crippen molar-refractivity contribution in [3.8, 4) is 22.7 Å². The van der Waals surface area contributed by atoms with E-state index in [1.54, 1.807) is 30.0 Å². The maximum absolute atomic E-state index is 13.1. The molecule has 1 aromatic heterocycles. The zero-order chi connectivity index (χ0) is 20.9.